The van der Waals surface area contributed by atoms with Gasteiger partial charge < -0.3 is 9.47 Å². The summed E-state index contributed by atoms with van der Waals surface area (Å²) in [7, 11) is 1.64. The van der Waals surface area contributed by atoms with Gasteiger partial charge in [0.05, 0.1) is 7.11 Å². The molecule has 0 aliphatic rings. The Balaban J connectivity index is 1.59. The molecule has 0 amide bonds. The Bertz CT molecular complexity index is 862. The van der Waals surface area contributed by atoms with E-state index in [2.05, 4.69) is 22.5 Å². The topological polar surface area (TPSA) is 30.8 Å². The third-order valence-electron chi connectivity index (χ3n) is 3.78. The van der Waals surface area contributed by atoms with Crippen molar-refractivity contribution < 1.29 is 9.47 Å². The average molecular weight is 386 g/mol. The summed E-state index contributed by atoms with van der Waals surface area (Å²) in [5, 5.41) is 2.79. The first-order valence-electron chi connectivity index (χ1n) is 8.32. The lowest BCUT2D eigenvalue weighted by atomic mass is 10.2. The van der Waals surface area contributed by atoms with Gasteiger partial charge in [-0.05, 0) is 52.9 Å². The van der Waals surface area contributed by atoms with Gasteiger partial charge in [0.15, 0.2) is 11.5 Å². The first kappa shape index (κ1) is 18.5. The predicted octanol–water partition coefficient (Wildman–Crippen LogP) is 5.65. The van der Waals surface area contributed by atoms with Crippen LogP contribution in [0.15, 0.2) is 65.0 Å². The van der Waals surface area contributed by atoms with Crippen LogP contribution in [0.5, 0.6) is 11.5 Å². The van der Waals surface area contributed by atoms with Crippen LogP contribution in [0.1, 0.15) is 16.0 Å². The maximum atomic E-state index is 6.00. The van der Waals surface area contributed by atoms with Crippen LogP contribution in [0.25, 0.3) is 0 Å². The van der Waals surface area contributed by atoms with Gasteiger partial charge in [-0.2, -0.15) is 0 Å². The van der Waals surface area contributed by atoms with Gasteiger partial charge in [-0.25, -0.2) is 0 Å². The lowest BCUT2D eigenvalue weighted by molar-refractivity contribution is 0.284. The number of benzene rings is 2. The zero-order valence-corrected chi connectivity index (χ0v) is 16.1. The second kappa shape index (κ2) is 9.41. The Kier molecular flexibility index (Phi) is 6.69. The van der Waals surface area contributed by atoms with Crippen molar-refractivity contribution in [1.82, 2.24) is 0 Å². The fourth-order valence-corrected chi connectivity index (χ4v) is 3.38. The molecule has 134 valence electrons. The standard InChI is InChI=1S/C21H20ClNO2S/c1-24-21-13-16(14-23-10-9-19-6-3-11-26-19)7-8-20(21)25-15-17-4-2-5-18(22)12-17/h2-8,11-14H,9-10,15H2,1H3/b23-14+. The molecule has 0 N–H and O–H groups in total. The van der Waals surface area contributed by atoms with Crippen molar-refractivity contribution in [2.24, 2.45) is 4.99 Å². The van der Waals surface area contributed by atoms with Crippen molar-refractivity contribution in [2.45, 2.75) is 13.0 Å². The molecule has 5 heteroatoms. The Morgan fingerprint density at radius 2 is 2.00 bits per heavy atom. The SMILES string of the molecule is COc1cc(/C=N/CCc2cccs2)ccc1OCc1cccc(Cl)c1. The summed E-state index contributed by atoms with van der Waals surface area (Å²) in [6.45, 7) is 1.21. The van der Waals surface area contributed by atoms with Crippen LogP contribution in [-0.2, 0) is 13.0 Å². The maximum absolute atomic E-state index is 6.00. The van der Waals surface area contributed by atoms with Gasteiger partial charge in [-0.3, -0.25) is 4.99 Å². The van der Waals surface area contributed by atoms with E-state index in [-0.39, 0.29) is 0 Å². The van der Waals surface area contributed by atoms with Gasteiger partial charge in [-0.1, -0.05) is 29.8 Å². The molecule has 3 aromatic rings. The van der Waals surface area contributed by atoms with Crippen molar-refractivity contribution in [1.29, 1.82) is 0 Å². The molecule has 1 heterocycles. The van der Waals surface area contributed by atoms with Gasteiger partial charge in [0.1, 0.15) is 6.61 Å². The fourth-order valence-electron chi connectivity index (χ4n) is 2.47. The number of halogens is 1. The molecule has 0 saturated heterocycles. The summed E-state index contributed by atoms with van der Waals surface area (Å²) in [4.78, 5) is 5.85. The van der Waals surface area contributed by atoms with Gasteiger partial charge in [-0.15, -0.1) is 11.3 Å². The predicted molar refractivity (Wildman–Crippen MR) is 109 cm³/mol. The van der Waals surface area contributed by atoms with Crippen LogP contribution in [0.4, 0.5) is 0 Å². The van der Waals surface area contributed by atoms with E-state index in [4.69, 9.17) is 21.1 Å². The van der Waals surface area contributed by atoms with Crippen LogP contribution in [-0.4, -0.2) is 19.9 Å². The molecule has 1 aromatic heterocycles. The summed E-state index contributed by atoms with van der Waals surface area (Å²) >= 11 is 7.77. The van der Waals surface area contributed by atoms with E-state index in [1.54, 1.807) is 18.4 Å². The number of methoxy groups -OCH3 is 1. The maximum Gasteiger partial charge on any atom is 0.161 e. The molecule has 0 atom stereocenters. The smallest absolute Gasteiger partial charge is 0.161 e. The Labute approximate surface area is 162 Å². The minimum Gasteiger partial charge on any atom is -0.493 e. The van der Waals surface area contributed by atoms with Crippen molar-refractivity contribution in [2.75, 3.05) is 13.7 Å². The highest BCUT2D eigenvalue weighted by atomic mass is 35.5. The molecule has 0 spiro atoms. The number of nitrogens with zero attached hydrogens (tertiary/aromatic N) is 1. The van der Waals surface area contributed by atoms with Crippen molar-refractivity contribution in [3.63, 3.8) is 0 Å². The lowest BCUT2D eigenvalue weighted by Crippen LogP contribution is -1.98. The summed E-state index contributed by atoms with van der Waals surface area (Å²) in [6.07, 6.45) is 2.84. The van der Waals surface area contributed by atoms with Crippen molar-refractivity contribution in [3.8, 4) is 11.5 Å². The average Bonchev–Trinajstić information content (AvgIpc) is 3.17. The molecule has 0 aliphatic heterocycles. The van der Waals surface area contributed by atoms with Gasteiger partial charge in [0.25, 0.3) is 0 Å². The normalized spacial score (nSPS) is 11.0. The monoisotopic (exact) mass is 385 g/mol. The Hall–Kier alpha value is -2.30. The van der Waals surface area contributed by atoms with Crippen molar-refractivity contribution in [3.05, 3.63) is 81.0 Å². The molecule has 0 aliphatic carbocycles. The van der Waals surface area contributed by atoms with E-state index < -0.39 is 0 Å². The van der Waals surface area contributed by atoms with Gasteiger partial charge in [0.2, 0.25) is 0 Å². The highest BCUT2D eigenvalue weighted by molar-refractivity contribution is 7.09. The first-order chi connectivity index (χ1) is 12.7. The number of ether oxygens (including phenoxy) is 2. The van der Waals surface area contributed by atoms with Gasteiger partial charge >= 0.3 is 0 Å². The summed E-state index contributed by atoms with van der Waals surface area (Å²) in [6, 6.07) is 17.6. The summed E-state index contributed by atoms with van der Waals surface area (Å²) in [5.74, 6) is 1.39. The lowest BCUT2D eigenvalue weighted by Gasteiger charge is -2.11. The minimum atomic E-state index is 0.436. The molecule has 0 saturated carbocycles. The van der Waals surface area contributed by atoms with E-state index in [1.807, 2.05) is 48.7 Å². The highest BCUT2D eigenvalue weighted by Crippen LogP contribution is 2.28. The molecule has 0 fully saturated rings. The van der Waals surface area contributed by atoms with E-state index in [0.29, 0.717) is 23.1 Å². The number of aliphatic imine (C=N–C) groups is 1. The molecule has 3 rings (SSSR count). The molecular weight excluding hydrogens is 366 g/mol. The molecule has 0 radical (unpaired) electrons. The molecule has 26 heavy (non-hydrogen) atoms. The van der Waals surface area contributed by atoms with Crippen LogP contribution < -0.4 is 9.47 Å². The van der Waals surface area contributed by atoms with Gasteiger partial charge in [0, 0.05) is 29.1 Å². The quantitative estimate of drug-likeness (QED) is 0.469. The summed E-state index contributed by atoms with van der Waals surface area (Å²) in [5.41, 5.74) is 2.00. The number of rotatable bonds is 8. The van der Waals surface area contributed by atoms with E-state index in [9.17, 15) is 0 Å². The van der Waals surface area contributed by atoms with Crippen LogP contribution in [0, 0.1) is 0 Å². The van der Waals surface area contributed by atoms with Crippen LogP contribution in [0.2, 0.25) is 5.02 Å². The first-order valence-corrected chi connectivity index (χ1v) is 9.58. The Morgan fingerprint density at radius 1 is 1.08 bits per heavy atom. The molecule has 0 bridgehead atoms. The minimum absolute atomic E-state index is 0.436. The molecular formula is C21H20ClNO2S. The second-order valence-electron chi connectivity index (χ2n) is 5.69. The van der Waals surface area contributed by atoms with E-state index in [1.165, 1.54) is 4.88 Å². The molecule has 2 aromatic carbocycles. The Morgan fingerprint density at radius 3 is 2.77 bits per heavy atom. The third kappa shape index (κ3) is 5.35. The third-order valence-corrected chi connectivity index (χ3v) is 4.95. The second-order valence-corrected chi connectivity index (χ2v) is 7.16. The van der Waals surface area contributed by atoms with Crippen LogP contribution in [0.3, 0.4) is 0 Å². The highest BCUT2D eigenvalue weighted by Gasteiger charge is 2.06. The number of thiophene rings is 1. The van der Waals surface area contributed by atoms with E-state index >= 15 is 0 Å². The number of hydrogen-bond donors (Lipinski definition) is 0. The largest absolute Gasteiger partial charge is 0.493 e. The zero-order chi connectivity index (χ0) is 18.2. The number of hydrogen-bond acceptors (Lipinski definition) is 4. The molecule has 3 nitrogen and oxygen atoms in total. The summed E-state index contributed by atoms with van der Waals surface area (Å²) < 4.78 is 11.3. The fraction of sp³-hybridized carbons (Fsp3) is 0.190. The van der Waals surface area contributed by atoms with E-state index in [0.717, 1.165) is 24.1 Å². The van der Waals surface area contributed by atoms with Crippen LogP contribution >= 0.6 is 22.9 Å². The zero-order valence-electron chi connectivity index (χ0n) is 14.5. The van der Waals surface area contributed by atoms with Crippen molar-refractivity contribution >= 4 is 29.2 Å². The molecule has 0 unspecified atom stereocenters.